The van der Waals surface area contributed by atoms with E-state index in [1.807, 2.05) is 39.5 Å². The van der Waals surface area contributed by atoms with Crippen LogP contribution >= 0.6 is 0 Å². The molecule has 0 spiro atoms. The number of hydrogen-bond donors (Lipinski definition) is 0. The van der Waals surface area contributed by atoms with Gasteiger partial charge < -0.3 is 9.80 Å². The van der Waals surface area contributed by atoms with E-state index in [-0.39, 0.29) is 5.91 Å². The Morgan fingerprint density at radius 1 is 1.29 bits per heavy atom. The molecule has 4 nitrogen and oxygen atoms in total. The van der Waals surface area contributed by atoms with Gasteiger partial charge in [0.15, 0.2) is 0 Å². The second-order valence-electron chi connectivity index (χ2n) is 5.56. The Kier molecular flexibility index (Phi) is 9.98. The third kappa shape index (κ3) is 5.37. The zero-order valence-electron chi connectivity index (χ0n) is 16.3. The van der Waals surface area contributed by atoms with Gasteiger partial charge in [0.05, 0.1) is 15.7 Å². The number of carbonyl (C=O) groups excluding carboxylic acids is 1. The molecule has 0 aromatic carbocycles. The van der Waals surface area contributed by atoms with Crippen molar-refractivity contribution in [3.05, 3.63) is 29.6 Å². The molecule has 1 aliphatic heterocycles. The molecule has 0 N–H and O–H groups in total. The Labute approximate surface area is 150 Å². The molecule has 1 fully saturated rings. The van der Waals surface area contributed by atoms with Crippen LogP contribution in [0.1, 0.15) is 57.7 Å². The smallest absolute Gasteiger partial charge is 0.272 e. The van der Waals surface area contributed by atoms with E-state index in [0.717, 1.165) is 13.1 Å². The molecular weight excluding hydrogens is 296 g/mol. The summed E-state index contributed by atoms with van der Waals surface area (Å²) >= 11 is 0. The maximum Gasteiger partial charge on any atom is 0.272 e. The molecule has 1 aromatic rings. The van der Waals surface area contributed by atoms with Crippen LogP contribution in [0.2, 0.25) is 0 Å². The van der Waals surface area contributed by atoms with Gasteiger partial charge in [0.2, 0.25) is 0 Å². The third-order valence-electron chi connectivity index (χ3n) is 3.79. The van der Waals surface area contributed by atoms with Crippen molar-refractivity contribution in [2.75, 3.05) is 26.7 Å². The van der Waals surface area contributed by atoms with Gasteiger partial charge in [-0.1, -0.05) is 40.7 Å². The lowest BCUT2D eigenvalue weighted by Gasteiger charge is -2.49. The van der Waals surface area contributed by atoms with Gasteiger partial charge in [-0.15, -0.1) is 0 Å². The molecule has 1 saturated heterocycles. The molecule has 0 saturated carbocycles. The summed E-state index contributed by atoms with van der Waals surface area (Å²) in [5.74, 6) is 0.472. The minimum Gasteiger partial charge on any atom is -0.341 e. The fourth-order valence-electron chi connectivity index (χ4n) is 2.28. The van der Waals surface area contributed by atoms with Gasteiger partial charge >= 0.3 is 0 Å². The molecular formula is C18H31B2N3O. The van der Waals surface area contributed by atoms with Crippen molar-refractivity contribution >= 4 is 21.6 Å². The highest BCUT2D eigenvalue weighted by molar-refractivity contribution is 6.39. The molecule has 0 unspecified atom stereocenters. The lowest BCUT2D eigenvalue weighted by atomic mass is 9.57. The highest BCUT2D eigenvalue weighted by atomic mass is 16.2. The number of likely N-dealkylation sites (tertiary alicyclic amines) is 1. The van der Waals surface area contributed by atoms with Crippen LogP contribution < -0.4 is 0 Å². The van der Waals surface area contributed by atoms with Crippen molar-refractivity contribution in [3.8, 4) is 0 Å². The van der Waals surface area contributed by atoms with Crippen LogP contribution in [0.25, 0.3) is 0 Å². The summed E-state index contributed by atoms with van der Waals surface area (Å²) in [6, 6.07) is 5.23. The van der Waals surface area contributed by atoms with Crippen molar-refractivity contribution in [1.29, 1.82) is 0 Å². The largest absolute Gasteiger partial charge is 0.341 e. The van der Waals surface area contributed by atoms with E-state index in [9.17, 15) is 4.79 Å². The first kappa shape index (κ1) is 22.7. The van der Waals surface area contributed by atoms with E-state index in [1.165, 1.54) is 0 Å². The Balaban J connectivity index is 0.00000123. The molecule has 6 heteroatoms. The fraction of sp³-hybridized carbons (Fsp3) is 0.667. The second kappa shape index (κ2) is 10.5. The zero-order chi connectivity index (χ0) is 18.9. The third-order valence-corrected chi connectivity index (χ3v) is 3.79. The van der Waals surface area contributed by atoms with Crippen molar-refractivity contribution in [3.63, 3.8) is 0 Å². The quantitative estimate of drug-likeness (QED) is 0.798. The molecule has 0 aliphatic carbocycles. The number of pyridine rings is 1. The number of rotatable bonds is 4. The van der Waals surface area contributed by atoms with Crippen molar-refractivity contribution in [2.24, 2.45) is 5.92 Å². The zero-order valence-corrected chi connectivity index (χ0v) is 16.3. The summed E-state index contributed by atoms with van der Waals surface area (Å²) in [4.78, 5) is 20.1. The first-order valence-electron chi connectivity index (χ1n) is 8.92. The minimum absolute atomic E-state index is 0.123. The maximum atomic E-state index is 12.1. The minimum atomic E-state index is -1.12. The SMILES string of the molecule is CC.CC.[B]C([B])(c1cccc(C(=O)N(C)CC)n1)N1CC(C)C1. The number of carbonyl (C=O) groups is 1. The van der Waals surface area contributed by atoms with Gasteiger partial charge in [-0.25, -0.2) is 4.98 Å². The summed E-state index contributed by atoms with van der Waals surface area (Å²) in [5.41, 5.74) is 0.903. The van der Waals surface area contributed by atoms with E-state index >= 15 is 0 Å². The Bertz CT molecular complexity index is 503. The van der Waals surface area contributed by atoms with Gasteiger partial charge in [-0.2, -0.15) is 0 Å². The van der Waals surface area contributed by atoms with Gasteiger partial charge in [-0.3, -0.25) is 4.79 Å². The number of hydrogen-bond acceptors (Lipinski definition) is 3. The van der Waals surface area contributed by atoms with Gasteiger partial charge in [0.1, 0.15) is 5.69 Å². The van der Waals surface area contributed by atoms with Crippen molar-refractivity contribution < 1.29 is 4.79 Å². The molecule has 1 amide bonds. The Hall–Kier alpha value is -1.29. The van der Waals surface area contributed by atoms with Crippen molar-refractivity contribution in [2.45, 2.75) is 46.9 Å². The molecule has 2 rings (SSSR count). The van der Waals surface area contributed by atoms with Crippen molar-refractivity contribution in [1.82, 2.24) is 14.8 Å². The molecule has 1 aliphatic rings. The molecule has 4 radical (unpaired) electrons. The molecule has 130 valence electrons. The van der Waals surface area contributed by atoms with Crippen LogP contribution in [-0.4, -0.2) is 63.1 Å². The lowest BCUT2D eigenvalue weighted by Crippen LogP contribution is -2.58. The van der Waals surface area contributed by atoms with Crippen LogP contribution in [0.4, 0.5) is 0 Å². The monoisotopic (exact) mass is 327 g/mol. The van der Waals surface area contributed by atoms with E-state index < -0.39 is 5.34 Å². The maximum absolute atomic E-state index is 12.1. The topological polar surface area (TPSA) is 36.4 Å². The lowest BCUT2D eigenvalue weighted by molar-refractivity contribution is 0.0737. The van der Waals surface area contributed by atoms with Gasteiger partial charge in [0, 0.05) is 32.4 Å². The van der Waals surface area contributed by atoms with Crippen LogP contribution in [0.3, 0.4) is 0 Å². The van der Waals surface area contributed by atoms with E-state index in [0.29, 0.717) is 23.9 Å². The first-order chi connectivity index (χ1) is 11.4. The molecule has 0 atom stereocenters. The van der Waals surface area contributed by atoms with Crippen LogP contribution in [-0.2, 0) is 5.34 Å². The predicted molar refractivity (Wildman–Crippen MR) is 103 cm³/mol. The van der Waals surface area contributed by atoms with E-state index in [4.69, 9.17) is 15.7 Å². The highest BCUT2D eigenvalue weighted by Gasteiger charge is 2.36. The fourth-order valence-corrected chi connectivity index (χ4v) is 2.28. The standard InChI is InChI=1S/C14H19B2N3O.2C2H6/c1-4-18(3)13(20)11-6-5-7-12(17-11)14(15,16)19-8-10(2)9-19;2*1-2/h5-7,10H,4,8-9H2,1-3H3;2*1-2H3. The van der Waals surface area contributed by atoms with Gasteiger partial charge in [0.25, 0.3) is 5.91 Å². The van der Waals surface area contributed by atoms with Crippen LogP contribution in [0, 0.1) is 5.92 Å². The second-order valence-corrected chi connectivity index (χ2v) is 5.56. The molecule has 24 heavy (non-hydrogen) atoms. The average molecular weight is 327 g/mol. The summed E-state index contributed by atoms with van der Waals surface area (Å²) in [7, 11) is 14.1. The Morgan fingerprint density at radius 2 is 1.83 bits per heavy atom. The first-order valence-corrected chi connectivity index (χ1v) is 8.92. The highest BCUT2D eigenvalue weighted by Crippen LogP contribution is 2.28. The normalized spacial score (nSPS) is 14.5. The van der Waals surface area contributed by atoms with E-state index in [1.54, 1.807) is 30.1 Å². The molecule has 1 aromatic heterocycles. The molecule has 0 bridgehead atoms. The number of nitrogens with zero attached hydrogens (tertiary/aromatic N) is 3. The molecule has 2 heterocycles. The number of aromatic nitrogens is 1. The van der Waals surface area contributed by atoms with E-state index in [2.05, 4.69) is 11.9 Å². The predicted octanol–water partition coefficient (Wildman–Crippen LogP) is 2.62. The Morgan fingerprint density at radius 3 is 2.29 bits per heavy atom. The summed E-state index contributed by atoms with van der Waals surface area (Å²) in [6.45, 7) is 14.4. The van der Waals surface area contributed by atoms with Gasteiger partial charge in [-0.05, 0) is 30.3 Å². The van der Waals surface area contributed by atoms with Crippen LogP contribution in [0.5, 0.6) is 0 Å². The summed E-state index contributed by atoms with van der Waals surface area (Å²) < 4.78 is 0. The summed E-state index contributed by atoms with van der Waals surface area (Å²) in [5, 5.41) is -1.12. The number of amides is 1. The average Bonchev–Trinajstić information content (AvgIpc) is 2.61. The van der Waals surface area contributed by atoms with Crippen LogP contribution in [0.15, 0.2) is 18.2 Å². The summed E-state index contributed by atoms with van der Waals surface area (Å²) in [6.07, 6.45) is 0.